The number of halogens is 4. The molecule has 188 valence electrons. The van der Waals surface area contributed by atoms with Crippen molar-refractivity contribution in [1.29, 1.82) is 0 Å². The Kier molecular flexibility index (Phi) is 6.95. The molecule has 0 N–H and O–H groups in total. The van der Waals surface area contributed by atoms with Crippen molar-refractivity contribution in [3.63, 3.8) is 0 Å². The minimum atomic E-state index is -4.56. The molecule has 1 aromatic heterocycles. The third-order valence-electron chi connectivity index (χ3n) is 5.47. The van der Waals surface area contributed by atoms with Gasteiger partial charge in [0, 0.05) is 36.9 Å². The molecule has 0 amide bonds. The van der Waals surface area contributed by atoms with Crippen molar-refractivity contribution in [2.75, 3.05) is 30.9 Å². The molecule has 3 heterocycles. The average molecular weight is 533 g/mol. The largest absolute Gasteiger partial charge is 0.484 e. The Morgan fingerprint density at radius 2 is 1.91 bits per heavy atom. The Morgan fingerprint density at radius 1 is 1.20 bits per heavy atom. The van der Waals surface area contributed by atoms with Gasteiger partial charge in [0.1, 0.15) is 17.3 Å². The Hall–Kier alpha value is -2.87. The molecule has 0 aliphatic carbocycles. The molecular formula is C21H20F4N4O4S2. The highest BCUT2D eigenvalue weighted by atomic mass is 32.2. The molecule has 1 atom stereocenters. The maximum Gasteiger partial charge on any atom is 0.433 e. The van der Waals surface area contributed by atoms with Gasteiger partial charge in [0.05, 0.1) is 21.4 Å². The molecule has 0 spiro atoms. The number of benzene rings is 1. The van der Waals surface area contributed by atoms with Crippen LogP contribution in [0.15, 0.2) is 51.5 Å². The zero-order chi connectivity index (χ0) is 25.4. The molecule has 8 nitrogen and oxygen atoms in total. The molecular weight excluding hydrogens is 512 g/mol. The van der Waals surface area contributed by atoms with Crippen molar-refractivity contribution in [3.8, 4) is 5.75 Å². The maximum atomic E-state index is 14.2. The van der Waals surface area contributed by atoms with Gasteiger partial charge in [-0.25, -0.2) is 32.0 Å². The molecule has 14 heteroatoms. The lowest BCUT2D eigenvalue weighted by Gasteiger charge is -2.31. The van der Waals surface area contributed by atoms with E-state index in [1.807, 2.05) is 0 Å². The van der Waals surface area contributed by atoms with E-state index in [1.54, 1.807) is 4.90 Å². The summed E-state index contributed by atoms with van der Waals surface area (Å²) < 4.78 is 93.9. The van der Waals surface area contributed by atoms with Crippen LogP contribution >= 0.6 is 0 Å². The van der Waals surface area contributed by atoms with Crippen molar-refractivity contribution >= 4 is 31.6 Å². The quantitative estimate of drug-likeness (QED) is 0.526. The van der Waals surface area contributed by atoms with Gasteiger partial charge in [-0.1, -0.05) is 0 Å². The number of piperidine rings is 1. The smallest absolute Gasteiger partial charge is 0.433 e. The third kappa shape index (κ3) is 5.86. The van der Waals surface area contributed by atoms with Gasteiger partial charge in [0.2, 0.25) is 5.95 Å². The number of sulfone groups is 1. The van der Waals surface area contributed by atoms with Crippen molar-refractivity contribution in [2.24, 2.45) is 10.9 Å². The molecule has 1 fully saturated rings. The fourth-order valence-electron chi connectivity index (χ4n) is 3.68. The van der Waals surface area contributed by atoms with Gasteiger partial charge in [-0.05, 0) is 37.1 Å². The zero-order valence-corrected chi connectivity index (χ0v) is 20.0. The van der Waals surface area contributed by atoms with Gasteiger partial charge in [-0.3, -0.25) is 0 Å². The van der Waals surface area contributed by atoms with Crippen LogP contribution in [0, 0.1) is 11.7 Å². The summed E-state index contributed by atoms with van der Waals surface area (Å²) in [5, 5.41) is 1.83. The molecule has 0 saturated carbocycles. The van der Waals surface area contributed by atoms with Crippen LogP contribution in [0.5, 0.6) is 5.75 Å². The number of hydrogen-bond donors (Lipinski definition) is 0. The van der Waals surface area contributed by atoms with Crippen molar-refractivity contribution in [2.45, 2.75) is 23.9 Å². The van der Waals surface area contributed by atoms with E-state index in [0.717, 1.165) is 24.6 Å². The molecule has 2 aliphatic rings. The highest BCUT2D eigenvalue weighted by Gasteiger charge is 2.34. The fourth-order valence-corrected chi connectivity index (χ4v) is 5.58. The van der Waals surface area contributed by atoms with E-state index in [9.17, 15) is 30.2 Å². The highest BCUT2D eigenvalue weighted by Crippen LogP contribution is 2.31. The zero-order valence-electron chi connectivity index (χ0n) is 18.3. The number of aliphatic imine (C=N–C) groups is 1. The summed E-state index contributed by atoms with van der Waals surface area (Å²) in [5.74, 6) is -1.18. The topological polar surface area (TPSA) is 102 Å². The lowest BCUT2D eigenvalue weighted by atomic mass is 9.98. The van der Waals surface area contributed by atoms with Gasteiger partial charge in [0.25, 0.3) is 0 Å². The van der Waals surface area contributed by atoms with Crippen molar-refractivity contribution < 1.29 is 34.9 Å². The van der Waals surface area contributed by atoms with Crippen LogP contribution in [0.4, 0.5) is 23.5 Å². The van der Waals surface area contributed by atoms with Gasteiger partial charge >= 0.3 is 6.18 Å². The third-order valence-corrected chi connectivity index (χ3v) is 7.90. The number of anilines is 1. The summed E-state index contributed by atoms with van der Waals surface area (Å²) in [7, 11) is -5.06. The van der Waals surface area contributed by atoms with Crippen LogP contribution in [0.3, 0.4) is 0 Å². The summed E-state index contributed by atoms with van der Waals surface area (Å²) in [6.07, 6.45) is -1.54. The number of hydrogen-bond acceptors (Lipinski definition) is 8. The minimum absolute atomic E-state index is 0.0103. The maximum absolute atomic E-state index is 14.2. The first-order valence-electron chi connectivity index (χ1n) is 10.4. The van der Waals surface area contributed by atoms with Crippen molar-refractivity contribution in [3.05, 3.63) is 53.1 Å². The summed E-state index contributed by atoms with van der Waals surface area (Å²) in [5.41, 5.74) is -0.671. The second-order valence-electron chi connectivity index (χ2n) is 8.01. The monoisotopic (exact) mass is 532 g/mol. The van der Waals surface area contributed by atoms with Gasteiger partial charge in [-0.2, -0.15) is 13.2 Å². The Labute approximate surface area is 201 Å². The first kappa shape index (κ1) is 25.2. The normalized spacial score (nSPS) is 19.5. The second kappa shape index (κ2) is 9.64. The molecule has 1 unspecified atom stereocenters. The predicted molar refractivity (Wildman–Crippen MR) is 121 cm³/mol. The van der Waals surface area contributed by atoms with E-state index in [1.165, 1.54) is 17.5 Å². The molecule has 1 aromatic carbocycles. The van der Waals surface area contributed by atoms with E-state index in [-0.39, 0.29) is 29.1 Å². The standard InChI is InChI=1S/C21H20F4N4O4S2/c1-35(31,32)15-2-3-17(16(22)10-15)33-11-14-12-34(30)19(27-14)13-5-8-29(9-6-13)20-26-7-4-18(28-20)21(23,24)25/h2-4,7,10,12-13H,5-6,8-9,11H2,1H3. The molecule has 2 aliphatic heterocycles. The SMILES string of the molecule is CS(=O)(=O)c1ccc(OCC2=CS(=O)C(C3CCN(c4nccc(C(F)(F)F)n4)CC3)=N2)c(F)c1. The summed E-state index contributed by atoms with van der Waals surface area (Å²) in [6.45, 7) is 0.569. The summed E-state index contributed by atoms with van der Waals surface area (Å²) >= 11 is 0. The van der Waals surface area contributed by atoms with E-state index in [4.69, 9.17) is 4.74 Å². The van der Waals surface area contributed by atoms with Crippen LogP contribution < -0.4 is 9.64 Å². The van der Waals surface area contributed by atoms with Crippen molar-refractivity contribution in [1.82, 2.24) is 9.97 Å². The van der Waals surface area contributed by atoms with E-state index in [2.05, 4.69) is 15.0 Å². The van der Waals surface area contributed by atoms with Crippen LogP contribution in [0.1, 0.15) is 18.5 Å². The van der Waals surface area contributed by atoms with Crippen LogP contribution in [0.25, 0.3) is 0 Å². The molecule has 2 aromatic rings. The first-order chi connectivity index (χ1) is 16.4. The number of aromatic nitrogens is 2. The fraction of sp³-hybridized carbons (Fsp3) is 0.381. The van der Waals surface area contributed by atoms with E-state index in [0.29, 0.717) is 36.7 Å². The summed E-state index contributed by atoms with van der Waals surface area (Å²) in [4.78, 5) is 13.4. The van der Waals surface area contributed by atoms with Crippen LogP contribution in [-0.2, 0) is 26.8 Å². The predicted octanol–water partition coefficient (Wildman–Crippen LogP) is 3.34. The Bertz CT molecular complexity index is 1320. The van der Waals surface area contributed by atoms with E-state index >= 15 is 0 Å². The molecule has 0 bridgehead atoms. The van der Waals surface area contributed by atoms with Gasteiger partial charge < -0.3 is 9.64 Å². The second-order valence-corrected chi connectivity index (χ2v) is 11.3. The molecule has 1 saturated heterocycles. The Balaban J connectivity index is 1.36. The first-order valence-corrected chi connectivity index (χ1v) is 13.5. The summed E-state index contributed by atoms with van der Waals surface area (Å²) in [6, 6.07) is 4.11. The van der Waals surface area contributed by atoms with Gasteiger partial charge in [-0.15, -0.1) is 0 Å². The number of rotatable bonds is 6. The molecule has 35 heavy (non-hydrogen) atoms. The van der Waals surface area contributed by atoms with E-state index < -0.39 is 38.3 Å². The number of nitrogens with zero attached hydrogens (tertiary/aromatic N) is 4. The number of ether oxygens (including phenoxy) is 1. The van der Waals surface area contributed by atoms with Gasteiger partial charge in [0.15, 0.2) is 21.4 Å². The highest BCUT2D eigenvalue weighted by molar-refractivity contribution is 8.03. The Morgan fingerprint density at radius 3 is 2.54 bits per heavy atom. The molecule has 4 rings (SSSR count). The lowest BCUT2D eigenvalue weighted by molar-refractivity contribution is -0.141. The average Bonchev–Trinajstić information content (AvgIpc) is 3.17. The van der Waals surface area contributed by atoms with Crippen LogP contribution in [-0.4, -0.2) is 53.6 Å². The molecule has 0 radical (unpaired) electrons. The lowest BCUT2D eigenvalue weighted by Crippen LogP contribution is -2.38. The minimum Gasteiger partial charge on any atom is -0.484 e. The van der Waals surface area contributed by atoms with Crippen LogP contribution in [0.2, 0.25) is 0 Å². The number of alkyl halides is 3.